The van der Waals surface area contributed by atoms with E-state index >= 15 is 0 Å². The van der Waals surface area contributed by atoms with Crippen molar-refractivity contribution in [3.8, 4) is 5.75 Å². The molecule has 138 valence electrons. The van der Waals surface area contributed by atoms with Crippen molar-refractivity contribution < 1.29 is 19.1 Å². The number of morpholine rings is 1. The molecule has 0 unspecified atom stereocenters. The molecule has 0 bridgehead atoms. The predicted octanol–water partition coefficient (Wildman–Crippen LogP) is 2.80. The summed E-state index contributed by atoms with van der Waals surface area (Å²) in [4.78, 5) is 26.5. The molecule has 7 heteroatoms. The van der Waals surface area contributed by atoms with Gasteiger partial charge in [-0.1, -0.05) is 28.1 Å². The van der Waals surface area contributed by atoms with E-state index in [1.807, 2.05) is 24.3 Å². The number of rotatable bonds is 4. The van der Waals surface area contributed by atoms with E-state index in [-0.39, 0.29) is 18.1 Å². The van der Waals surface area contributed by atoms with E-state index in [2.05, 4.69) is 15.9 Å². The fourth-order valence-corrected chi connectivity index (χ4v) is 3.30. The fourth-order valence-electron chi connectivity index (χ4n) is 3.04. The van der Waals surface area contributed by atoms with Crippen molar-refractivity contribution in [3.05, 3.63) is 62.1 Å². The summed E-state index contributed by atoms with van der Waals surface area (Å²) >= 11 is 3.39. The lowest BCUT2D eigenvalue weighted by Gasteiger charge is -2.28. The number of carbonyl (C=O) groups is 1. The maximum atomic E-state index is 12.8. The Kier molecular flexibility index (Phi) is 5.78. The second-order valence-electron chi connectivity index (χ2n) is 6.24. The van der Waals surface area contributed by atoms with Gasteiger partial charge in [-0.25, -0.2) is 0 Å². The molecule has 0 spiro atoms. The van der Waals surface area contributed by atoms with E-state index < -0.39 is 17.1 Å². The average molecular weight is 422 g/mol. The highest BCUT2D eigenvalue weighted by Gasteiger charge is 2.28. The molecule has 2 heterocycles. The SMILES string of the molecule is Cc1cc(=O)c(O)c([C@@H](CC(=O)N2CCOCC2)c2ccc(Br)cc2)o1. The van der Waals surface area contributed by atoms with Crippen LogP contribution in [0, 0.1) is 6.92 Å². The van der Waals surface area contributed by atoms with Gasteiger partial charge in [-0.3, -0.25) is 9.59 Å². The summed E-state index contributed by atoms with van der Waals surface area (Å²) in [5, 5.41) is 10.3. The van der Waals surface area contributed by atoms with E-state index in [1.165, 1.54) is 6.07 Å². The highest BCUT2D eigenvalue weighted by atomic mass is 79.9. The molecule has 1 aliphatic heterocycles. The van der Waals surface area contributed by atoms with Crippen molar-refractivity contribution in [2.75, 3.05) is 26.3 Å². The number of benzene rings is 1. The summed E-state index contributed by atoms with van der Waals surface area (Å²) in [6.07, 6.45) is 0.0988. The third-order valence-corrected chi connectivity index (χ3v) is 4.93. The van der Waals surface area contributed by atoms with Gasteiger partial charge < -0.3 is 19.2 Å². The number of aromatic hydroxyl groups is 1. The maximum Gasteiger partial charge on any atom is 0.227 e. The number of ether oxygens (including phenoxy) is 1. The van der Waals surface area contributed by atoms with Crippen LogP contribution in [0.15, 0.2) is 44.0 Å². The molecule has 1 saturated heterocycles. The molecule has 1 aromatic carbocycles. The minimum atomic E-state index is -0.550. The second kappa shape index (κ2) is 8.05. The Morgan fingerprint density at radius 1 is 1.27 bits per heavy atom. The number of aryl methyl sites for hydroxylation is 1. The normalized spacial score (nSPS) is 15.7. The minimum Gasteiger partial charge on any atom is -0.502 e. The first-order valence-corrected chi connectivity index (χ1v) is 9.19. The van der Waals surface area contributed by atoms with Crippen molar-refractivity contribution in [2.24, 2.45) is 0 Å². The Bertz CT molecular complexity index is 840. The van der Waals surface area contributed by atoms with Gasteiger partial charge in [-0.2, -0.15) is 0 Å². The Labute approximate surface area is 159 Å². The van der Waals surface area contributed by atoms with Crippen LogP contribution in [0.1, 0.15) is 29.4 Å². The van der Waals surface area contributed by atoms with Crippen LogP contribution in [0.4, 0.5) is 0 Å². The van der Waals surface area contributed by atoms with Gasteiger partial charge >= 0.3 is 0 Å². The zero-order chi connectivity index (χ0) is 18.7. The molecule has 1 atom stereocenters. The monoisotopic (exact) mass is 421 g/mol. The summed E-state index contributed by atoms with van der Waals surface area (Å²) in [5.41, 5.74) is 0.281. The summed E-state index contributed by atoms with van der Waals surface area (Å²) in [6, 6.07) is 8.65. The van der Waals surface area contributed by atoms with Crippen LogP contribution in [-0.4, -0.2) is 42.2 Å². The molecule has 0 saturated carbocycles. The van der Waals surface area contributed by atoms with Crippen LogP contribution in [0.2, 0.25) is 0 Å². The molecule has 1 fully saturated rings. The number of hydrogen-bond acceptors (Lipinski definition) is 5. The average Bonchev–Trinajstić information content (AvgIpc) is 2.64. The molecule has 3 rings (SSSR count). The first-order chi connectivity index (χ1) is 12.5. The Hall–Kier alpha value is -2.12. The Morgan fingerprint density at radius 2 is 1.92 bits per heavy atom. The van der Waals surface area contributed by atoms with E-state index in [1.54, 1.807) is 11.8 Å². The third kappa shape index (κ3) is 4.16. The van der Waals surface area contributed by atoms with Crippen LogP contribution in [0.25, 0.3) is 0 Å². The van der Waals surface area contributed by atoms with Crippen molar-refractivity contribution in [1.29, 1.82) is 0 Å². The summed E-state index contributed by atoms with van der Waals surface area (Å²) in [7, 11) is 0. The highest BCUT2D eigenvalue weighted by Crippen LogP contribution is 2.34. The van der Waals surface area contributed by atoms with E-state index in [4.69, 9.17) is 9.15 Å². The quantitative estimate of drug-likeness (QED) is 0.820. The Balaban J connectivity index is 1.98. The van der Waals surface area contributed by atoms with Gasteiger partial charge in [0.25, 0.3) is 0 Å². The molecule has 1 aromatic heterocycles. The number of nitrogens with zero attached hydrogens (tertiary/aromatic N) is 1. The van der Waals surface area contributed by atoms with Crippen LogP contribution >= 0.6 is 15.9 Å². The lowest BCUT2D eigenvalue weighted by molar-refractivity contribution is -0.135. The van der Waals surface area contributed by atoms with Crippen molar-refractivity contribution in [2.45, 2.75) is 19.3 Å². The van der Waals surface area contributed by atoms with Gasteiger partial charge in [0.05, 0.1) is 19.1 Å². The Morgan fingerprint density at radius 3 is 2.58 bits per heavy atom. The van der Waals surface area contributed by atoms with Crippen LogP contribution in [0.3, 0.4) is 0 Å². The zero-order valence-corrected chi connectivity index (χ0v) is 16.0. The van der Waals surface area contributed by atoms with Crippen molar-refractivity contribution >= 4 is 21.8 Å². The van der Waals surface area contributed by atoms with E-state index in [0.717, 1.165) is 10.0 Å². The largest absolute Gasteiger partial charge is 0.502 e. The van der Waals surface area contributed by atoms with Gasteiger partial charge in [0.1, 0.15) is 5.76 Å². The van der Waals surface area contributed by atoms with Gasteiger partial charge in [0.15, 0.2) is 5.76 Å². The van der Waals surface area contributed by atoms with Gasteiger partial charge in [-0.05, 0) is 24.6 Å². The molecule has 26 heavy (non-hydrogen) atoms. The summed E-state index contributed by atoms with van der Waals surface area (Å²) in [6.45, 7) is 3.75. The first kappa shape index (κ1) is 18.7. The zero-order valence-electron chi connectivity index (χ0n) is 14.4. The molecule has 0 radical (unpaired) electrons. The number of hydrogen-bond donors (Lipinski definition) is 1. The standard InChI is InChI=1S/C19H20BrNO5/c1-12-10-16(22)18(24)19(26-12)15(13-2-4-14(20)5-3-13)11-17(23)21-6-8-25-9-7-21/h2-5,10,15,24H,6-9,11H2,1H3/t15-/m0/s1. The van der Waals surface area contributed by atoms with Gasteiger partial charge in [0, 0.05) is 30.0 Å². The summed E-state index contributed by atoms with van der Waals surface area (Å²) in [5.74, 6) is -0.545. The van der Waals surface area contributed by atoms with Gasteiger partial charge in [0.2, 0.25) is 17.1 Å². The number of halogens is 1. The van der Waals surface area contributed by atoms with Crippen LogP contribution in [0.5, 0.6) is 5.75 Å². The van der Waals surface area contributed by atoms with Crippen LogP contribution in [-0.2, 0) is 9.53 Å². The third-order valence-electron chi connectivity index (χ3n) is 4.40. The van der Waals surface area contributed by atoms with Gasteiger partial charge in [-0.15, -0.1) is 0 Å². The maximum absolute atomic E-state index is 12.8. The first-order valence-electron chi connectivity index (χ1n) is 8.40. The molecule has 2 aromatic rings. The minimum absolute atomic E-state index is 0.0650. The lowest BCUT2D eigenvalue weighted by Crippen LogP contribution is -2.41. The van der Waals surface area contributed by atoms with E-state index in [9.17, 15) is 14.7 Å². The van der Waals surface area contributed by atoms with E-state index in [0.29, 0.717) is 32.1 Å². The topological polar surface area (TPSA) is 80.0 Å². The molecular weight excluding hydrogens is 402 g/mol. The van der Waals surface area contributed by atoms with Crippen molar-refractivity contribution in [3.63, 3.8) is 0 Å². The predicted molar refractivity (Wildman–Crippen MR) is 99.4 cm³/mol. The lowest BCUT2D eigenvalue weighted by atomic mass is 9.91. The molecule has 0 aliphatic carbocycles. The number of amides is 1. The molecule has 1 aliphatic rings. The highest BCUT2D eigenvalue weighted by molar-refractivity contribution is 9.10. The molecular formula is C19H20BrNO5. The molecule has 6 nitrogen and oxygen atoms in total. The fraction of sp³-hybridized carbons (Fsp3) is 0.368. The molecule has 1 amide bonds. The number of carbonyl (C=O) groups excluding carboxylic acids is 1. The second-order valence-corrected chi connectivity index (χ2v) is 7.15. The smallest absolute Gasteiger partial charge is 0.227 e. The summed E-state index contributed by atoms with van der Waals surface area (Å²) < 4.78 is 11.9. The van der Waals surface area contributed by atoms with Crippen molar-refractivity contribution in [1.82, 2.24) is 4.90 Å². The van der Waals surface area contributed by atoms with Crippen LogP contribution < -0.4 is 5.43 Å². The molecule has 1 N–H and O–H groups in total.